The van der Waals surface area contributed by atoms with Crippen LogP contribution in [0.5, 0.6) is 5.75 Å². The topological polar surface area (TPSA) is 53.3 Å². The van der Waals surface area contributed by atoms with Gasteiger partial charge in [0.2, 0.25) is 5.91 Å². The van der Waals surface area contributed by atoms with Crippen molar-refractivity contribution < 1.29 is 9.53 Å². The summed E-state index contributed by atoms with van der Waals surface area (Å²) in [5.74, 6) is 0.549. The van der Waals surface area contributed by atoms with Gasteiger partial charge in [-0.15, -0.1) is 0 Å². The largest absolute Gasteiger partial charge is 0.491 e. The van der Waals surface area contributed by atoms with Crippen LogP contribution in [0.4, 0.5) is 0 Å². The summed E-state index contributed by atoms with van der Waals surface area (Å²) in [5, 5.41) is 8.99. The SMILES string of the molecule is Cc1ccc(Cl)c(OCCC(=O)N(C)CCC#N)c1. The second-order valence-corrected chi connectivity index (χ2v) is 4.66. The van der Waals surface area contributed by atoms with Crippen molar-refractivity contribution in [1.82, 2.24) is 4.90 Å². The molecular formula is C14H17ClN2O2. The van der Waals surface area contributed by atoms with E-state index in [1.54, 1.807) is 13.1 Å². The first kappa shape index (κ1) is 15.3. The zero-order chi connectivity index (χ0) is 14.3. The number of halogens is 1. The Hall–Kier alpha value is -1.73. The molecule has 0 saturated heterocycles. The summed E-state index contributed by atoms with van der Waals surface area (Å²) < 4.78 is 5.50. The quantitative estimate of drug-likeness (QED) is 0.805. The summed E-state index contributed by atoms with van der Waals surface area (Å²) >= 11 is 5.99. The first-order chi connectivity index (χ1) is 9.04. The number of rotatable bonds is 6. The van der Waals surface area contributed by atoms with Crippen LogP contribution in [0.15, 0.2) is 18.2 Å². The fourth-order valence-electron chi connectivity index (χ4n) is 1.50. The lowest BCUT2D eigenvalue weighted by Crippen LogP contribution is -2.28. The number of carbonyl (C=O) groups is 1. The molecule has 5 heteroatoms. The highest BCUT2D eigenvalue weighted by Crippen LogP contribution is 2.25. The average molecular weight is 281 g/mol. The first-order valence-electron chi connectivity index (χ1n) is 6.04. The lowest BCUT2D eigenvalue weighted by atomic mass is 10.2. The third-order valence-corrected chi connectivity index (χ3v) is 2.96. The van der Waals surface area contributed by atoms with Gasteiger partial charge in [-0.05, 0) is 24.6 Å². The van der Waals surface area contributed by atoms with Crippen LogP contribution in [-0.4, -0.2) is 31.0 Å². The van der Waals surface area contributed by atoms with Crippen LogP contribution in [0.3, 0.4) is 0 Å². The molecule has 0 aromatic heterocycles. The van der Waals surface area contributed by atoms with Crippen molar-refractivity contribution in [3.05, 3.63) is 28.8 Å². The lowest BCUT2D eigenvalue weighted by Gasteiger charge is -2.15. The van der Waals surface area contributed by atoms with E-state index in [1.807, 2.05) is 25.1 Å². The molecule has 4 nitrogen and oxygen atoms in total. The van der Waals surface area contributed by atoms with Gasteiger partial charge in [-0.1, -0.05) is 17.7 Å². The maximum Gasteiger partial charge on any atom is 0.225 e. The Morgan fingerprint density at radius 2 is 2.26 bits per heavy atom. The van der Waals surface area contributed by atoms with Crippen LogP contribution in [0.1, 0.15) is 18.4 Å². The number of aryl methyl sites for hydroxylation is 1. The van der Waals surface area contributed by atoms with Crippen molar-refractivity contribution in [2.24, 2.45) is 0 Å². The van der Waals surface area contributed by atoms with E-state index in [-0.39, 0.29) is 18.9 Å². The number of ether oxygens (including phenoxy) is 1. The van der Waals surface area contributed by atoms with Crippen LogP contribution in [-0.2, 0) is 4.79 Å². The Labute approximate surface area is 118 Å². The molecule has 1 aromatic carbocycles. The van der Waals surface area contributed by atoms with Gasteiger partial charge in [0, 0.05) is 13.6 Å². The van der Waals surface area contributed by atoms with Gasteiger partial charge in [-0.3, -0.25) is 4.79 Å². The molecule has 0 saturated carbocycles. The van der Waals surface area contributed by atoms with Crippen molar-refractivity contribution in [1.29, 1.82) is 5.26 Å². The van der Waals surface area contributed by atoms with E-state index in [9.17, 15) is 4.79 Å². The fraction of sp³-hybridized carbons (Fsp3) is 0.429. The Balaban J connectivity index is 2.40. The summed E-state index contributed by atoms with van der Waals surface area (Å²) in [6.45, 7) is 2.67. The summed E-state index contributed by atoms with van der Waals surface area (Å²) in [6.07, 6.45) is 0.610. The maximum absolute atomic E-state index is 11.7. The van der Waals surface area contributed by atoms with E-state index in [1.165, 1.54) is 4.90 Å². The van der Waals surface area contributed by atoms with Crippen molar-refractivity contribution in [2.75, 3.05) is 20.2 Å². The molecule has 0 radical (unpaired) electrons. The number of amides is 1. The van der Waals surface area contributed by atoms with Crippen LogP contribution >= 0.6 is 11.6 Å². The second kappa shape index (κ2) is 7.65. The molecular weight excluding hydrogens is 264 g/mol. The number of carbonyl (C=O) groups excluding carboxylic acids is 1. The van der Waals surface area contributed by atoms with Gasteiger partial charge in [0.1, 0.15) is 5.75 Å². The number of benzene rings is 1. The van der Waals surface area contributed by atoms with Crippen molar-refractivity contribution in [3.8, 4) is 11.8 Å². The van der Waals surface area contributed by atoms with Crippen LogP contribution < -0.4 is 4.74 Å². The fourth-order valence-corrected chi connectivity index (χ4v) is 1.67. The molecule has 0 heterocycles. The minimum atomic E-state index is -0.0426. The van der Waals surface area contributed by atoms with Crippen molar-refractivity contribution in [3.63, 3.8) is 0 Å². The number of hydrogen-bond donors (Lipinski definition) is 0. The number of nitrogens with zero attached hydrogens (tertiary/aromatic N) is 2. The molecule has 0 N–H and O–H groups in total. The minimum Gasteiger partial charge on any atom is -0.491 e. The summed E-state index contributed by atoms with van der Waals surface area (Å²) in [4.78, 5) is 13.2. The molecule has 19 heavy (non-hydrogen) atoms. The average Bonchev–Trinajstić information content (AvgIpc) is 2.39. The van der Waals surface area contributed by atoms with E-state index < -0.39 is 0 Å². The molecule has 0 atom stereocenters. The summed E-state index contributed by atoms with van der Waals surface area (Å²) in [7, 11) is 1.68. The normalized spacial score (nSPS) is 9.79. The van der Waals surface area contributed by atoms with Gasteiger partial charge >= 0.3 is 0 Å². The van der Waals surface area contributed by atoms with E-state index in [2.05, 4.69) is 0 Å². The molecule has 0 fully saturated rings. The predicted molar refractivity (Wildman–Crippen MR) is 74.2 cm³/mol. The monoisotopic (exact) mass is 280 g/mol. The first-order valence-corrected chi connectivity index (χ1v) is 6.42. The van der Waals surface area contributed by atoms with Crippen LogP contribution in [0.25, 0.3) is 0 Å². The van der Waals surface area contributed by atoms with E-state index in [0.717, 1.165) is 5.56 Å². The predicted octanol–water partition coefficient (Wildman–Crippen LogP) is 2.79. The molecule has 102 valence electrons. The van der Waals surface area contributed by atoms with Crippen LogP contribution in [0, 0.1) is 18.3 Å². The van der Waals surface area contributed by atoms with Gasteiger partial charge in [0.15, 0.2) is 0 Å². The van der Waals surface area contributed by atoms with E-state index in [4.69, 9.17) is 21.6 Å². The Morgan fingerprint density at radius 3 is 2.95 bits per heavy atom. The molecule has 1 amide bonds. The van der Waals surface area contributed by atoms with Gasteiger partial charge in [-0.2, -0.15) is 5.26 Å². The van der Waals surface area contributed by atoms with Gasteiger partial charge in [0.05, 0.1) is 30.5 Å². The Kier molecular flexibility index (Phi) is 6.17. The highest BCUT2D eigenvalue weighted by atomic mass is 35.5. The standard InChI is InChI=1S/C14H17ClN2O2/c1-11-4-5-12(15)13(10-11)19-9-6-14(18)17(2)8-3-7-16/h4-5,10H,3,6,8-9H2,1-2H3. The number of nitriles is 1. The smallest absolute Gasteiger partial charge is 0.225 e. The van der Waals surface area contributed by atoms with Crippen LogP contribution in [0.2, 0.25) is 5.02 Å². The van der Waals surface area contributed by atoms with Crippen molar-refractivity contribution >= 4 is 17.5 Å². The highest BCUT2D eigenvalue weighted by molar-refractivity contribution is 6.32. The van der Waals surface area contributed by atoms with E-state index >= 15 is 0 Å². The second-order valence-electron chi connectivity index (χ2n) is 4.26. The highest BCUT2D eigenvalue weighted by Gasteiger charge is 2.09. The molecule has 1 rings (SSSR count). The van der Waals surface area contributed by atoms with Gasteiger partial charge < -0.3 is 9.64 Å². The number of hydrogen-bond acceptors (Lipinski definition) is 3. The molecule has 0 aliphatic rings. The van der Waals surface area contributed by atoms with Gasteiger partial charge in [-0.25, -0.2) is 0 Å². The minimum absolute atomic E-state index is 0.0426. The Morgan fingerprint density at radius 1 is 1.53 bits per heavy atom. The molecule has 0 spiro atoms. The Bertz CT molecular complexity index is 483. The molecule has 1 aromatic rings. The van der Waals surface area contributed by atoms with Crippen molar-refractivity contribution in [2.45, 2.75) is 19.8 Å². The third-order valence-electron chi connectivity index (χ3n) is 2.64. The summed E-state index contributed by atoms with van der Waals surface area (Å²) in [6, 6.07) is 7.52. The zero-order valence-corrected chi connectivity index (χ0v) is 11.9. The molecule has 0 bridgehead atoms. The lowest BCUT2D eigenvalue weighted by molar-refractivity contribution is -0.130. The third kappa shape index (κ3) is 5.19. The summed E-state index contributed by atoms with van der Waals surface area (Å²) in [5.41, 5.74) is 1.05. The maximum atomic E-state index is 11.7. The molecule has 0 aliphatic carbocycles. The van der Waals surface area contributed by atoms with E-state index in [0.29, 0.717) is 23.7 Å². The molecule has 0 unspecified atom stereocenters. The molecule has 0 aliphatic heterocycles. The van der Waals surface area contributed by atoms with Gasteiger partial charge in [0.25, 0.3) is 0 Å². The zero-order valence-electron chi connectivity index (χ0n) is 11.1.